The van der Waals surface area contributed by atoms with Crippen LogP contribution in [0.3, 0.4) is 0 Å². The van der Waals surface area contributed by atoms with E-state index in [1.54, 1.807) is 0 Å². The van der Waals surface area contributed by atoms with E-state index in [0.29, 0.717) is 13.2 Å². The second-order valence-corrected chi connectivity index (χ2v) is 7.17. The number of hydrogen-bond acceptors (Lipinski definition) is 10. The smallest absolute Gasteiger partial charge is 0.336 e. The topological polar surface area (TPSA) is 305 Å². The Morgan fingerprint density at radius 2 is 0.629 bits per heavy atom. The fourth-order valence-corrected chi connectivity index (χ4v) is 2.18. The minimum absolute atomic E-state index is 0.305. The van der Waals surface area contributed by atoms with Crippen molar-refractivity contribution in [3.05, 3.63) is 0 Å². The zero-order chi connectivity index (χ0) is 28.2. The lowest BCUT2D eigenvalue weighted by Crippen LogP contribution is -2.42. The van der Waals surface area contributed by atoms with E-state index in [2.05, 4.69) is 0 Å². The Morgan fingerprint density at radius 1 is 0.429 bits per heavy atom. The average molecular weight is 516 g/mol. The van der Waals surface area contributed by atoms with E-state index in [4.69, 9.17) is 51.1 Å². The molecule has 0 unspecified atom stereocenters. The van der Waals surface area contributed by atoms with Crippen LogP contribution in [0.4, 0.5) is 0 Å². The molecule has 16 heteroatoms. The molecule has 0 radical (unpaired) electrons. The van der Waals surface area contributed by atoms with Gasteiger partial charge in [-0.25, -0.2) is 9.59 Å². The maximum absolute atomic E-state index is 10.3. The van der Waals surface area contributed by atoms with Gasteiger partial charge in [0.05, 0.1) is 25.7 Å². The molecule has 0 aliphatic heterocycles. The molecule has 16 nitrogen and oxygen atoms in total. The van der Waals surface area contributed by atoms with Gasteiger partial charge in [0.25, 0.3) is 0 Å². The molecule has 0 spiro atoms. The van der Waals surface area contributed by atoms with Gasteiger partial charge in [0.1, 0.15) is 0 Å². The van der Waals surface area contributed by atoms with Crippen molar-refractivity contribution < 1.29 is 79.8 Å². The summed E-state index contributed by atoms with van der Waals surface area (Å²) in [5.74, 6) is -10.0. The largest absolute Gasteiger partial charge is 0.481 e. The zero-order valence-corrected chi connectivity index (χ0v) is 18.7. The summed E-state index contributed by atoms with van der Waals surface area (Å²) in [4.78, 5) is 61.0. The minimum atomic E-state index is -2.74. The number of aliphatic carboxylic acids is 6. The molecular weight excluding hydrogens is 484 g/mol. The standard InChI is InChI=1S/C7H16O2.2C6H8O7/c8-6-4-2-1-3-5-7-9;2*7-3(8)1-6(13,5(11)12)2-4(9)10/h8-9H,1-7H2;2*13H,1-2H2,(H,7,8)(H,9,10)(H,11,12). The number of aliphatic hydroxyl groups is 4. The van der Waals surface area contributed by atoms with E-state index in [1.807, 2.05) is 0 Å². The summed E-state index contributed by atoms with van der Waals surface area (Å²) in [6.45, 7) is 0.609. The molecule has 0 aromatic carbocycles. The highest BCUT2D eigenvalue weighted by atomic mass is 16.4. The molecule has 0 saturated carbocycles. The summed E-state index contributed by atoms with van der Waals surface area (Å²) in [6.07, 6.45) is 0.567. The van der Waals surface area contributed by atoms with Gasteiger partial charge in [-0.2, -0.15) is 0 Å². The second-order valence-electron chi connectivity index (χ2n) is 7.17. The lowest BCUT2D eigenvalue weighted by atomic mass is 9.96. The number of hydrogen-bond donors (Lipinski definition) is 10. The van der Waals surface area contributed by atoms with E-state index < -0.39 is 72.7 Å². The first kappa shape index (κ1) is 36.2. The predicted molar refractivity (Wildman–Crippen MR) is 111 cm³/mol. The number of carbonyl (C=O) groups is 6. The van der Waals surface area contributed by atoms with Crippen molar-refractivity contribution in [3.63, 3.8) is 0 Å². The number of unbranched alkanes of at least 4 members (excludes halogenated alkanes) is 4. The van der Waals surface area contributed by atoms with E-state index >= 15 is 0 Å². The van der Waals surface area contributed by atoms with E-state index in [1.165, 1.54) is 0 Å². The summed E-state index contributed by atoms with van der Waals surface area (Å²) in [5.41, 5.74) is -5.48. The molecule has 0 bridgehead atoms. The second kappa shape index (κ2) is 19.0. The molecule has 0 fully saturated rings. The maximum Gasteiger partial charge on any atom is 0.336 e. The first-order valence-corrected chi connectivity index (χ1v) is 9.97. The van der Waals surface area contributed by atoms with Crippen LogP contribution in [0.15, 0.2) is 0 Å². The van der Waals surface area contributed by atoms with Gasteiger partial charge in [0, 0.05) is 13.2 Å². The Kier molecular flexibility index (Phi) is 19.7. The fraction of sp³-hybridized carbons (Fsp3) is 0.684. The van der Waals surface area contributed by atoms with Crippen molar-refractivity contribution in [1.29, 1.82) is 0 Å². The highest BCUT2D eigenvalue weighted by Crippen LogP contribution is 2.16. The van der Waals surface area contributed by atoms with Gasteiger partial charge in [-0.1, -0.05) is 19.3 Å². The zero-order valence-electron chi connectivity index (χ0n) is 18.7. The van der Waals surface area contributed by atoms with Gasteiger partial charge in [0.15, 0.2) is 11.2 Å². The van der Waals surface area contributed by atoms with Gasteiger partial charge in [-0.05, 0) is 12.8 Å². The monoisotopic (exact) mass is 516 g/mol. The van der Waals surface area contributed by atoms with Crippen LogP contribution in [0.25, 0.3) is 0 Å². The number of rotatable bonds is 16. The highest BCUT2D eigenvalue weighted by molar-refractivity contribution is 5.88. The van der Waals surface area contributed by atoms with Crippen molar-refractivity contribution in [2.24, 2.45) is 0 Å². The molecule has 10 N–H and O–H groups in total. The van der Waals surface area contributed by atoms with Crippen molar-refractivity contribution in [2.75, 3.05) is 13.2 Å². The van der Waals surface area contributed by atoms with Gasteiger partial charge in [-0.15, -0.1) is 0 Å². The van der Waals surface area contributed by atoms with Gasteiger partial charge >= 0.3 is 35.8 Å². The van der Waals surface area contributed by atoms with Crippen molar-refractivity contribution >= 4 is 35.8 Å². The van der Waals surface area contributed by atoms with Crippen molar-refractivity contribution in [1.82, 2.24) is 0 Å². The van der Waals surface area contributed by atoms with Crippen LogP contribution in [0.1, 0.15) is 57.8 Å². The maximum atomic E-state index is 10.3. The van der Waals surface area contributed by atoms with Crippen molar-refractivity contribution in [3.8, 4) is 0 Å². The van der Waals surface area contributed by atoms with Gasteiger partial charge < -0.3 is 51.1 Å². The van der Waals surface area contributed by atoms with Crippen LogP contribution in [0.2, 0.25) is 0 Å². The van der Waals surface area contributed by atoms with Crippen LogP contribution in [-0.2, 0) is 28.8 Å². The molecule has 0 saturated heterocycles. The third kappa shape index (κ3) is 21.0. The first-order valence-electron chi connectivity index (χ1n) is 9.97. The fourth-order valence-electron chi connectivity index (χ4n) is 2.18. The van der Waals surface area contributed by atoms with Crippen LogP contribution in [-0.4, -0.2) is 111 Å². The third-order valence-electron chi connectivity index (χ3n) is 3.89. The van der Waals surface area contributed by atoms with Crippen LogP contribution < -0.4 is 0 Å². The summed E-state index contributed by atoms with van der Waals surface area (Å²) in [6, 6.07) is 0. The Bertz CT molecular complexity index is 611. The number of aliphatic hydroxyl groups excluding tert-OH is 2. The molecule has 204 valence electrons. The molecule has 35 heavy (non-hydrogen) atoms. The van der Waals surface area contributed by atoms with Crippen LogP contribution in [0, 0.1) is 0 Å². The molecule has 0 aliphatic rings. The Balaban J connectivity index is -0.000000448. The normalized spacial score (nSPS) is 10.6. The van der Waals surface area contributed by atoms with Crippen molar-refractivity contribution in [2.45, 2.75) is 69.0 Å². The first-order chi connectivity index (χ1) is 16.0. The van der Waals surface area contributed by atoms with Gasteiger partial charge in [-0.3, -0.25) is 19.2 Å². The molecular formula is C19H32O16. The highest BCUT2D eigenvalue weighted by Gasteiger charge is 2.41. The molecule has 0 amide bonds. The molecule has 0 aromatic heterocycles. The summed E-state index contributed by atoms with van der Waals surface area (Å²) in [5, 5.41) is 84.4. The van der Waals surface area contributed by atoms with Crippen LogP contribution in [0.5, 0.6) is 0 Å². The van der Waals surface area contributed by atoms with E-state index in [-0.39, 0.29) is 0 Å². The Morgan fingerprint density at radius 3 is 0.771 bits per heavy atom. The Hall–Kier alpha value is -3.34. The minimum Gasteiger partial charge on any atom is -0.481 e. The number of carboxylic acid groups (broad SMARTS) is 6. The molecule has 0 rings (SSSR count). The number of carboxylic acids is 6. The average Bonchev–Trinajstić information content (AvgIpc) is 2.66. The lowest BCUT2D eigenvalue weighted by Gasteiger charge is -2.18. The quantitative estimate of drug-likeness (QED) is 0.103. The van der Waals surface area contributed by atoms with E-state index in [0.717, 1.165) is 32.1 Å². The summed E-state index contributed by atoms with van der Waals surface area (Å²) in [7, 11) is 0. The van der Waals surface area contributed by atoms with Crippen LogP contribution >= 0.6 is 0 Å². The lowest BCUT2D eigenvalue weighted by molar-refractivity contribution is -0.170. The summed E-state index contributed by atoms with van der Waals surface area (Å²) >= 11 is 0. The Labute approximate surface area is 198 Å². The van der Waals surface area contributed by atoms with E-state index in [9.17, 15) is 28.8 Å². The third-order valence-corrected chi connectivity index (χ3v) is 3.89. The predicted octanol–water partition coefficient (Wildman–Crippen LogP) is -1.58. The molecule has 0 aromatic rings. The SMILES string of the molecule is O=C(O)CC(O)(CC(=O)O)C(=O)O.O=C(O)CC(O)(CC(=O)O)C(=O)O.OCCCCCCCO. The molecule has 0 aliphatic carbocycles. The van der Waals surface area contributed by atoms with Gasteiger partial charge in [0.2, 0.25) is 0 Å². The summed E-state index contributed by atoms with van der Waals surface area (Å²) < 4.78 is 0. The molecule has 0 atom stereocenters. The molecule has 0 heterocycles.